The number of rotatable bonds is 4. The van der Waals surface area contributed by atoms with Crippen molar-refractivity contribution in [3.8, 4) is 0 Å². The molecule has 0 saturated carbocycles. The first-order valence-corrected chi connectivity index (χ1v) is 6.94. The summed E-state index contributed by atoms with van der Waals surface area (Å²) in [6.07, 6.45) is 4.20. The number of para-hydroxylation sites is 1. The number of benzene rings is 1. The molecule has 0 amide bonds. The Balaban J connectivity index is 1.97. The quantitative estimate of drug-likeness (QED) is 0.822. The van der Waals surface area contributed by atoms with E-state index in [0.29, 0.717) is 5.25 Å². The Hall–Kier alpha value is -1.22. The second kappa shape index (κ2) is 5.92. The van der Waals surface area contributed by atoms with Gasteiger partial charge in [0.2, 0.25) is 5.04 Å². The van der Waals surface area contributed by atoms with Crippen LogP contribution in [0, 0.1) is 0 Å². The molecule has 2 nitrogen and oxygen atoms in total. The molecule has 0 spiro atoms. The molecule has 0 aromatic heterocycles. The van der Waals surface area contributed by atoms with Crippen LogP contribution in [0.5, 0.6) is 0 Å². The van der Waals surface area contributed by atoms with Gasteiger partial charge in [0.25, 0.3) is 0 Å². The summed E-state index contributed by atoms with van der Waals surface area (Å²) in [6, 6.07) is 10.2. The molecule has 1 aromatic carbocycles. The highest BCUT2D eigenvalue weighted by atomic mass is 32.2. The molecule has 1 aromatic rings. The van der Waals surface area contributed by atoms with E-state index in [2.05, 4.69) is 41.9 Å². The zero-order chi connectivity index (χ0) is 12.1. The zero-order valence-corrected chi connectivity index (χ0v) is 11.2. The van der Waals surface area contributed by atoms with Crippen molar-refractivity contribution in [1.29, 1.82) is 0 Å². The first-order valence-electron chi connectivity index (χ1n) is 6.06. The SMILES string of the molecule is CC[N+]1=C(/C=C/Nc2ccccc2)SC(C)C1. The van der Waals surface area contributed by atoms with Crippen molar-refractivity contribution in [3.63, 3.8) is 0 Å². The van der Waals surface area contributed by atoms with E-state index < -0.39 is 0 Å². The van der Waals surface area contributed by atoms with Crippen molar-refractivity contribution >= 4 is 22.5 Å². The molecule has 0 fully saturated rings. The van der Waals surface area contributed by atoms with Gasteiger partial charge in [0, 0.05) is 18.0 Å². The highest BCUT2D eigenvalue weighted by Crippen LogP contribution is 2.20. The minimum absolute atomic E-state index is 0.700. The molecule has 0 bridgehead atoms. The molecule has 3 heteroatoms. The Morgan fingerprint density at radius 3 is 2.88 bits per heavy atom. The van der Waals surface area contributed by atoms with Crippen LogP contribution in [0.4, 0.5) is 5.69 Å². The summed E-state index contributed by atoms with van der Waals surface area (Å²) in [6.45, 7) is 6.73. The fraction of sp³-hybridized carbons (Fsp3) is 0.357. The van der Waals surface area contributed by atoms with Gasteiger partial charge in [0.1, 0.15) is 6.54 Å². The molecule has 1 atom stereocenters. The fourth-order valence-electron chi connectivity index (χ4n) is 1.89. The molecule has 0 radical (unpaired) electrons. The van der Waals surface area contributed by atoms with Crippen LogP contribution in [0.3, 0.4) is 0 Å². The van der Waals surface area contributed by atoms with Gasteiger partial charge in [-0.3, -0.25) is 0 Å². The van der Waals surface area contributed by atoms with Gasteiger partial charge in [-0.05, 0) is 37.7 Å². The Kier molecular flexibility index (Phi) is 4.26. The average molecular weight is 247 g/mol. The molecule has 1 aliphatic heterocycles. The minimum atomic E-state index is 0.700. The lowest BCUT2D eigenvalue weighted by Crippen LogP contribution is -2.15. The predicted octanol–water partition coefficient (Wildman–Crippen LogP) is 3.18. The molecule has 17 heavy (non-hydrogen) atoms. The Bertz CT molecular complexity index is 423. The van der Waals surface area contributed by atoms with Crippen molar-refractivity contribution in [3.05, 3.63) is 42.6 Å². The first kappa shape index (κ1) is 12.2. The van der Waals surface area contributed by atoms with Gasteiger partial charge < -0.3 is 5.32 Å². The zero-order valence-electron chi connectivity index (χ0n) is 10.4. The van der Waals surface area contributed by atoms with Crippen LogP contribution in [0.15, 0.2) is 42.6 Å². The van der Waals surface area contributed by atoms with E-state index in [1.807, 2.05) is 36.2 Å². The van der Waals surface area contributed by atoms with Crippen LogP contribution < -0.4 is 5.32 Å². The van der Waals surface area contributed by atoms with E-state index in [1.165, 1.54) is 5.04 Å². The third-order valence-corrected chi connectivity index (χ3v) is 3.93. The highest BCUT2D eigenvalue weighted by molar-refractivity contribution is 8.14. The van der Waals surface area contributed by atoms with Crippen molar-refractivity contribution in [2.24, 2.45) is 0 Å². The van der Waals surface area contributed by atoms with E-state index in [1.54, 1.807) is 0 Å². The summed E-state index contributed by atoms with van der Waals surface area (Å²) in [7, 11) is 0. The molecule has 0 aliphatic carbocycles. The Morgan fingerprint density at radius 2 is 2.18 bits per heavy atom. The summed E-state index contributed by atoms with van der Waals surface area (Å²) in [5, 5.41) is 5.35. The van der Waals surface area contributed by atoms with Crippen LogP contribution >= 0.6 is 11.8 Å². The largest absolute Gasteiger partial charge is 0.361 e. The molecule has 90 valence electrons. The third-order valence-electron chi connectivity index (χ3n) is 2.74. The average Bonchev–Trinajstić information content (AvgIpc) is 2.71. The molecule has 1 unspecified atom stereocenters. The standard InChI is InChI=1S/C14H18N2S/c1-3-16-11-12(2)17-14(16)9-10-15-13-7-5-4-6-8-13/h4-10,12H,3,11H2,1-2H3/p+1. The normalized spacial score (nSPS) is 20.2. The molecule has 0 saturated heterocycles. The molecular weight excluding hydrogens is 228 g/mol. The molecule has 1 N–H and O–H groups in total. The lowest BCUT2D eigenvalue weighted by molar-refractivity contribution is -0.516. The Labute approximate surface area is 107 Å². The van der Waals surface area contributed by atoms with Crippen LogP contribution in [0.25, 0.3) is 0 Å². The van der Waals surface area contributed by atoms with Gasteiger partial charge in [-0.1, -0.05) is 18.2 Å². The summed E-state index contributed by atoms with van der Waals surface area (Å²) < 4.78 is 2.42. The van der Waals surface area contributed by atoms with E-state index in [-0.39, 0.29) is 0 Å². The van der Waals surface area contributed by atoms with Gasteiger partial charge in [-0.2, -0.15) is 0 Å². The van der Waals surface area contributed by atoms with E-state index in [9.17, 15) is 0 Å². The smallest absolute Gasteiger partial charge is 0.236 e. The second-order valence-corrected chi connectivity index (χ2v) is 5.61. The fourth-order valence-corrected chi connectivity index (χ4v) is 3.06. The highest BCUT2D eigenvalue weighted by Gasteiger charge is 2.25. The summed E-state index contributed by atoms with van der Waals surface area (Å²) in [4.78, 5) is 0. The maximum atomic E-state index is 3.29. The third kappa shape index (κ3) is 3.37. The van der Waals surface area contributed by atoms with Crippen LogP contribution in [0.2, 0.25) is 0 Å². The number of anilines is 1. The predicted molar refractivity (Wildman–Crippen MR) is 76.9 cm³/mol. The maximum Gasteiger partial charge on any atom is 0.236 e. The van der Waals surface area contributed by atoms with Gasteiger partial charge in [-0.25, -0.2) is 4.58 Å². The van der Waals surface area contributed by atoms with E-state index in [0.717, 1.165) is 18.8 Å². The van der Waals surface area contributed by atoms with Crippen LogP contribution in [-0.4, -0.2) is 28.0 Å². The van der Waals surface area contributed by atoms with Crippen LogP contribution in [-0.2, 0) is 0 Å². The van der Waals surface area contributed by atoms with Crippen LogP contribution in [0.1, 0.15) is 13.8 Å². The van der Waals surface area contributed by atoms with Gasteiger partial charge >= 0.3 is 0 Å². The number of nitrogens with zero attached hydrogens (tertiary/aromatic N) is 1. The monoisotopic (exact) mass is 247 g/mol. The minimum Gasteiger partial charge on any atom is -0.361 e. The van der Waals surface area contributed by atoms with E-state index >= 15 is 0 Å². The van der Waals surface area contributed by atoms with Crippen molar-refractivity contribution < 1.29 is 4.58 Å². The van der Waals surface area contributed by atoms with E-state index in [4.69, 9.17) is 0 Å². The van der Waals surface area contributed by atoms with Gasteiger partial charge in [0.05, 0.1) is 5.25 Å². The molecule has 1 heterocycles. The topological polar surface area (TPSA) is 15.0 Å². The number of hydrogen-bond acceptors (Lipinski definition) is 2. The summed E-state index contributed by atoms with van der Waals surface area (Å²) >= 11 is 1.95. The summed E-state index contributed by atoms with van der Waals surface area (Å²) in [5.74, 6) is 0. The van der Waals surface area contributed by atoms with Crippen molar-refractivity contribution in [2.75, 3.05) is 18.4 Å². The molecule has 2 rings (SSSR count). The molecular formula is C14H19N2S+. The first-order chi connectivity index (χ1) is 8.29. The van der Waals surface area contributed by atoms with Crippen molar-refractivity contribution in [1.82, 2.24) is 0 Å². The van der Waals surface area contributed by atoms with Crippen molar-refractivity contribution in [2.45, 2.75) is 19.1 Å². The number of thioether (sulfide) groups is 1. The maximum absolute atomic E-state index is 3.29. The Morgan fingerprint density at radius 1 is 1.41 bits per heavy atom. The lowest BCUT2D eigenvalue weighted by atomic mass is 10.3. The molecule has 1 aliphatic rings. The van der Waals surface area contributed by atoms with Gasteiger partial charge in [-0.15, -0.1) is 0 Å². The number of hydrogen-bond donors (Lipinski definition) is 1. The van der Waals surface area contributed by atoms with Gasteiger partial charge in [0.15, 0.2) is 6.54 Å². The summed E-state index contributed by atoms with van der Waals surface area (Å²) in [5.41, 5.74) is 1.13. The second-order valence-electron chi connectivity index (χ2n) is 4.15. The number of nitrogens with one attached hydrogen (secondary N) is 1. The lowest BCUT2D eigenvalue weighted by Gasteiger charge is -1.98.